The van der Waals surface area contributed by atoms with E-state index in [2.05, 4.69) is 41.3 Å². The first-order valence-corrected chi connectivity index (χ1v) is 7.24. The smallest absolute Gasteiger partial charge is 0.213 e. The molecule has 2 aromatic rings. The van der Waals surface area contributed by atoms with Crippen LogP contribution in [0.3, 0.4) is 0 Å². The van der Waals surface area contributed by atoms with Crippen LogP contribution in [0, 0.1) is 0 Å². The lowest BCUT2D eigenvalue weighted by molar-refractivity contribution is 0.397. The van der Waals surface area contributed by atoms with Crippen LogP contribution in [0.15, 0.2) is 47.6 Å². The third kappa shape index (κ3) is 4.48. The number of nitrogens with zero attached hydrogens (tertiary/aromatic N) is 2. The van der Waals surface area contributed by atoms with Gasteiger partial charge >= 0.3 is 0 Å². The number of methoxy groups -OCH3 is 1. The van der Waals surface area contributed by atoms with Gasteiger partial charge in [-0.1, -0.05) is 26.0 Å². The van der Waals surface area contributed by atoms with Crippen LogP contribution in [0.5, 0.6) is 5.88 Å². The number of aromatic nitrogens is 1. The van der Waals surface area contributed by atoms with Crippen molar-refractivity contribution in [2.45, 2.75) is 26.3 Å². The van der Waals surface area contributed by atoms with E-state index in [1.807, 2.05) is 24.3 Å². The van der Waals surface area contributed by atoms with Crippen molar-refractivity contribution in [2.24, 2.45) is 10.7 Å². The molecule has 1 heterocycles. The zero-order valence-corrected chi connectivity index (χ0v) is 13.2. The van der Waals surface area contributed by atoms with Gasteiger partial charge < -0.3 is 15.8 Å². The summed E-state index contributed by atoms with van der Waals surface area (Å²) in [4.78, 5) is 8.40. The highest BCUT2D eigenvalue weighted by atomic mass is 16.5. The molecule has 0 bridgehead atoms. The summed E-state index contributed by atoms with van der Waals surface area (Å²) in [5, 5.41) is 3.12. The Bertz CT molecular complexity index is 653. The number of guanidine groups is 1. The van der Waals surface area contributed by atoms with Gasteiger partial charge in [-0.25, -0.2) is 9.98 Å². The van der Waals surface area contributed by atoms with Crippen molar-refractivity contribution in [2.75, 3.05) is 12.4 Å². The van der Waals surface area contributed by atoms with Gasteiger partial charge in [0.1, 0.15) is 0 Å². The van der Waals surface area contributed by atoms with Gasteiger partial charge in [0.15, 0.2) is 5.96 Å². The molecule has 0 fully saturated rings. The molecule has 5 nitrogen and oxygen atoms in total. The summed E-state index contributed by atoms with van der Waals surface area (Å²) < 4.78 is 5.09. The highest BCUT2D eigenvalue weighted by Gasteiger charge is 2.01. The molecule has 3 N–H and O–H groups in total. The van der Waals surface area contributed by atoms with E-state index >= 15 is 0 Å². The van der Waals surface area contributed by atoms with Gasteiger partial charge in [0.05, 0.1) is 13.7 Å². The minimum atomic E-state index is 0.386. The summed E-state index contributed by atoms with van der Waals surface area (Å²) in [6, 6.07) is 11.9. The zero-order chi connectivity index (χ0) is 15.9. The Morgan fingerprint density at radius 3 is 2.86 bits per heavy atom. The van der Waals surface area contributed by atoms with Crippen LogP contribution in [0.2, 0.25) is 0 Å². The number of aliphatic imine (C=N–C) groups is 1. The average Bonchev–Trinajstić information content (AvgIpc) is 2.53. The predicted octanol–water partition coefficient (Wildman–Crippen LogP) is 3.14. The predicted molar refractivity (Wildman–Crippen MR) is 90.3 cm³/mol. The van der Waals surface area contributed by atoms with Crippen LogP contribution in [-0.4, -0.2) is 18.1 Å². The minimum Gasteiger partial charge on any atom is -0.481 e. The number of nitrogens with one attached hydrogen (secondary N) is 1. The summed E-state index contributed by atoms with van der Waals surface area (Å²) in [6.07, 6.45) is 1.69. The quantitative estimate of drug-likeness (QED) is 0.657. The molecule has 0 aliphatic rings. The number of hydrogen-bond acceptors (Lipinski definition) is 3. The molecular weight excluding hydrogens is 276 g/mol. The highest BCUT2D eigenvalue weighted by Crippen LogP contribution is 2.18. The van der Waals surface area contributed by atoms with Gasteiger partial charge in [-0.05, 0) is 35.2 Å². The Hall–Kier alpha value is -2.56. The van der Waals surface area contributed by atoms with Crippen LogP contribution in [-0.2, 0) is 6.54 Å². The largest absolute Gasteiger partial charge is 0.481 e. The number of pyridine rings is 1. The van der Waals surface area contributed by atoms with Gasteiger partial charge in [0.25, 0.3) is 0 Å². The third-order valence-corrected chi connectivity index (χ3v) is 3.27. The summed E-state index contributed by atoms with van der Waals surface area (Å²) in [5.74, 6) is 1.43. The Labute approximate surface area is 131 Å². The van der Waals surface area contributed by atoms with E-state index in [1.54, 1.807) is 13.3 Å². The lowest BCUT2D eigenvalue weighted by atomic mass is 10.0. The lowest BCUT2D eigenvalue weighted by Gasteiger charge is -2.10. The van der Waals surface area contributed by atoms with E-state index in [1.165, 1.54) is 5.56 Å². The third-order valence-electron chi connectivity index (χ3n) is 3.27. The molecular formula is C17H22N4O. The van der Waals surface area contributed by atoms with Crippen molar-refractivity contribution in [3.8, 4) is 5.88 Å². The first-order chi connectivity index (χ1) is 10.6. The Balaban J connectivity index is 2.02. The lowest BCUT2D eigenvalue weighted by Crippen LogP contribution is -2.22. The topological polar surface area (TPSA) is 72.5 Å². The SMILES string of the molecule is COc1cc(CN=C(N)Nc2cccc(C(C)C)c2)ccn1. The fourth-order valence-corrected chi connectivity index (χ4v) is 2.00. The second-order valence-corrected chi connectivity index (χ2v) is 5.31. The summed E-state index contributed by atoms with van der Waals surface area (Å²) >= 11 is 0. The van der Waals surface area contributed by atoms with Gasteiger partial charge in [-0.2, -0.15) is 0 Å². The van der Waals surface area contributed by atoms with E-state index in [4.69, 9.17) is 10.5 Å². The molecule has 0 aliphatic heterocycles. The zero-order valence-electron chi connectivity index (χ0n) is 13.2. The summed E-state index contributed by atoms with van der Waals surface area (Å²) in [5.41, 5.74) is 9.14. The number of anilines is 1. The molecule has 116 valence electrons. The fraction of sp³-hybridized carbons (Fsp3) is 0.294. The van der Waals surface area contributed by atoms with Crippen LogP contribution >= 0.6 is 0 Å². The number of ether oxygens (including phenoxy) is 1. The van der Waals surface area contributed by atoms with Crippen molar-refractivity contribution in [3.63, 3.8) is 0 Å². The number of nitrogens with two attached hydrogens (primary N) is 1. The minimum absolute atomic E-state index is 0.386. The first-order valence-electron chi connectivity index (χ1n) is 7.24. The molecule has 0 saturated carbocycles. The molecule has 0 radical (unpaired) electrons. The van der Waals surface area contributed by atoms with Crippen molar-refractivity contribution < 1.29 is 4.74 Å². The average molecular weight is 298 g/mol. The maximum Gasteiger partial charge on any atom is 0.213 e. The van der Waals surface area contributed by atoms with E-state index in [0.29, 0.717) is 24.3 Å². The van der Waals surface area contributed by atoms with E-state index < -0.39 is 0 Å². The molecule has 1 aromatic heterocycles. The molecule has 0 unspecified atom stereocenters. The van der Waals surface area contributed by atoms with E-state index in [-0.39, 0.29) is 0 Å². The number of hydrogen-bond donors (Lipinski definition) is 2. The highest BCUT2D eigenvalue weighted by molar-refractivity contribution is 5.92. The van der Waals surface area contributed by atoms with Gasteiger partial charge in [-0.3, -0.25) is 0 Å². The van der Waals surface area contributed by atoms with Crippen molar-refractivity contribution >= 4 is 11.6 Å². The first kappa shape index (κ1) is 15.8. The number of rotatable bonds is 5. The molecule has 2 rings (SSSR count). The number of benzene rings is 1. The van der Waals surface area contributed by atoms with Gasteiger partial charge in [0.2, 0.25) is 5.88 Å². The van der Waals surface area contributed by atoms with E-state index in [9.17, 15) is 0 Å². The molecule has 0 amide bonds. The second kappa shape index (κ2) is 7.45. The monoisotopic (exact) mass is 298 g/mol. The molecule has 0 atom stereocenters. The molecule has 1 aromatic carbocycles. The Morgan fingerprint density at radius 1 is 1.32 bits per heavy atom. The second-order valence-electron chi connectivity index (χ2n) is 5.31. The van der Waals surface area contributed by atoms with E-state index in [0.717, 1.165) is 11.3 Å². The fourth-order valence-electron chi connectivity index (χ4n) is 2.00. The van der Waals surface area contributed by atoms with Crippen molar-refractivity contribution in [1.82, 2.24) is 4.98 Å². The van der Waals surface area contributed by atoms with Crippen molar-refractivity contribution in [1.29, 1.82) is 0 Å². The van der Waals surface area contributed by atoms with Gasteiger partial charge in [0, 0.05) is 18.0 Å². The molecule has 5 heteroatoms. The Morgan fingerprint density at radius 2 is 2.14 bits per heavy atom. The standard InChI is InChI=1S/C17H22N4O/c1-12(2)14-5-4-6-15(10-14)21-17(18)20-11-13-7-8-19-16(9-13)22-3/h4-10,12H,11H2,1-3H3,(H3,18,20,21). The maximum atomic E-state index is 5.94. The summed E-state index contributed by atoms with van der Waals surface area (Å²) in [7, 11) is 1.59. The van der Waals surface area contributed by atoms with Crippen molar-refractivity contribution in [3.05, 3.63) is 53.7 Å². The van der Waals surface area contributed by atoms with Gasteiger partial charge in [-0.15, -0.1) is 0 Å². The van der Waals surface area contributed by atoms with Crippen LogP contribution in [0.4, 0.5) is 5.69 Å². The molecule has 0 saturated heterocycles. The van der Waals surface area contributed by atoms with Crippen LogP contribution in [0.25, 0.3) is 0 Å². The summed E-state index contributed by atoms with van der Waals surface area (Å²) in [6.45, 7) is 4.79. The molecule has 22 heavy (non-hydrogen) atoms. The maximum absolute atomic E-state index is 5.94. The van der Waals surface area contributed by atoms with Crippen LogP contribution < -0.4 is 15.8 Å². The molecule has 0 spiro atoms. The molecule has 0 aliphatic carbocycles. The Kier molecular flexibility index (Phi) is 5.36. The normalized spacial score (nSPS) is 11.5. The van der Waals surface area contributed by atoms with Crippen LogP contribution in [0.1, 0.15) is 30.9 Å².